The zero-order chi connectivity index (χ0) is 11.7. The van der Waals surface area contributed by atoms with Crippen molar-refractivity contribution in [1.29, 1.82) is 0 Å². The highest BCUT2D eigenvalue weighted by Gasteiger charge is 1.93. The Morgan fingerprint density at radius 2 is 1.53 bits per heavy atom. The molecule has 80 valence electrons. The normalized spacial score (nSPS) is 8.13. The molecule has 0 unspecified atom stereocenters. The Morgan fingerprint density at radius 3 is 1.73 bits per heavy atom. The maximum absolute atomic E-state index is 10.0. The van der Waals surface area contributed by atoms with Gasteiger partial charge in [-0.3, -0.25) is 14.4 Å². The summed E-state index contributed by atoms with van der Waals surface area (Å²) in [5, 5.41) is 0. The fourth-order valence-corrected chi connectivity index (χ4v) is 0.734. The van der Waals surface area contributed by atoms with E-state index in [9.17, 15) is 14.4 Å². The zero-order valence-corrected chi connectivity index (χ0v) is 8.60. The molecule has 1 rings (SSSR count). The minimum absolute atomic E-state index is 0.562. The smallest absolute Gasteiger partial charge is 0.310 e. The largest absolute Gasteiger partial charge is 0.394 e. The molecule has 15 heavy (non-hydrogen) atoms. The Kier molecular flexibility index (Phi) is 6.46. The Labute approximate surface area is 87.9 Å². The average Bonchev–Trinajstić information content (AvgIpc) is 2.18. The van der Waals surface area contributed by atoms with E-state index in [1.54, 1.807) is 12.1 Å². The second-order valence-electron chi connectivity index (χ2n) is 2.61. The highest BCUT2D eigenvalue weighted by molar-refractivity contribution is 5.82. The molecule has 0 N–H and O–H groups in total. The molecule has 0 spiro atoms. The molecular formula is C11H12O4. The fourth-order valence-electron chi connectivity index (χ4n) is 0.734. The van der Waals surface area contributed by atoms with Crippen molar-refractivity contribution in [3.8, 4) is 0 Å². The van der Waals surface area contributed by atoms with Crippen LogP contribution in [0.15, 0.2) is 30.3 Å². The number of carbonyl (C=O) groups is 3. The van der Waals surface area contributed by atoms with Crippen molar-refractivity contribution in [3.05, 3.63) is 35.9 Å². The maximum atomic E-state index is 10.0. The molecule has 0 aliphatic rings. The molecule has 1 aromatic rings. The third-order valence-corrected chi connectivity index (χ3v) is 1.22. The quantitative estimate of drug-likeness (QED) is 0.399. The van der Waals surface area contributed by atoms with Gasteiger partial charge < -0.3 is 4.74 Å². The van der Waals surface area contributed by atoms with Crippen molar-refractivity contribution >= 4 is 18.2 Å². The van der Waals surface area contributed by atoms with Gasteiger partial charge in [0.1, 0.15) is 6.29 Å². The van der Waals surface area contributed by atoms with Gasteiger partial charge in [-0.15, -0.1) is 0 Å². The fraction of sp³-hybridized carbons (Fsp3) is 0.182. The summed E-state index contributed by atoms with van der Waals surface area (Å²) in [5.41, 5.74) is 0.729. The first-order valence-electron chi connectivity index (χ1n) is 4.25. The molecule has 1 aromatic carbocycles. The Morgan fingerprint density at radius 1 is 1.07 bits per heavy atom. The minimum Gasteiger partial charge on any atom is -0.394 e. The van der Waals surface area contributed by atoms with Crippen molar-refractivity contribution in [2.45, 2.75) is 13.8 Å². The van der Waals surface area contributed by atoms with E-state index >= 15 is 0 Å². The highest BCUT2D eigenvalue weighted by atomic mass is 16.6. The lowest BCUT2D eigenvalue weighted by molar-refractivity contribution is -0.156. The third kappa shape index (κ3) is 8.36. The number of carbonyl (C=O) groups excluding carboxylic acids is 3. The Bertz CT molecular complexity index is 318. The van der Waals surface area contributed by atoms with Gasteiger partial charge in [0.15, 0.2) is 0 Å². The molecule has 0 radical (unpaired) electrons. The first kappa shape index (κ1) is 13.0. The van der Waals surface area contributed by atoms with E-state index in [1.165, 1.54) is 13.8 Å². The summed E-state index contributed by atoms with van der Waals surface area (Å²) >= 11 is 0. The summed E-state index contributed by atoms with van der Waals surface area (Å²) in [6.07, 6.45) is 0.833. The molecule has 0 bridgehead atoms. The van der Waals surface area contributed by atoms with Gasteiger partial charge in [0, 0.05) is 19.4 Å². The predicted molar refractivity (Wildman–Crippen MR) is 54.3 cm³/mol. The second-order valence-corrected chi connectivity index (χ2v) is 2.61. The van der Waals surface area contributed by atoms with Crippen LogP contribution in [0.4, 0.5) is 0 Å². The van der Waals surface area contributed by atoms with E-state index in [2.05, 4.69) is 4.74 Å². The monoisotopic (exact) mass is 208 g/mol. The molecule has 0 aromatic heterocycles. The van der Waals surface area contributed by atoms with E-state index in [-0.39, 0.29) is 0 Å². The highest BCUT2D eigenvalue weighted by Crippen LogP contribution is 1.91. The van der Waals surface area contributed by atoms with Gasteiger partial charge in [-0.2, -0.15) is 0 Å². The van der Waals surface area contributed by atoms with Crippen LogP contribution >= 0.6 is 0 Å². The molecule has 0 aliphatic heterocycles. The zero-order valence-electron chi connectivity index (χ0n) is 8.60. The molecule has 0 amide bonds. The number of hydrogen-bond donors (Lipinski definition) is 0. The number of aldehydes is 1. The van der Waals surface area contributed by atoms with Crippen molar-refractivity contribution in [2.75, 3.05) is 0 Å². The molecule has 4 heteroatoms. The Hall–Kier alpha value is -1.97. The van der Waals surface area contributed by atoms with Crippen LogP contribution in [0.25, 0.3) is 0 Å². The van der Waals surface area contributed by atoms with Crippen LogP contribution in [-0.2, 0) is 14.3 Å². The van der Waals surface area contributed by atoms with Crippen molar-refractivity contribution in [2.24, 2.45) is 0 Å². The number of rotatable bonds is 1. The number of benzene rings is 1. The average molecular weight is 208 g/mol. The van der Waals surface area contributed by atoms with Gasteiger partial charge in [0.05, 0.1) is 0 Å². The van der Waals surface area contributed by atoms with Gasteiger partial charge in [0.2, 0.25) is 0 Å². The topological polar surface area (TPSA) is 60.4 Å². The van der Waals surface area contributed by atoms with Crippen molar-refractivity contribution in [1.82, 2.24) is 0 Å². The van der Waals surface area contributed by atoms with Crippen LogP contribution in [0.2, 0.25) is 0 Å². The summed E-state index contributed by atoms with van der Waals surface area (Å²) < 4.78 is 3.97. The van der Waals surface area contributed by atoms with E-state index in [0.717, 1.165) is 11.8 Å². The molecule has 0 fully saturated rings. The standard InChI is InChI=1S/C7H6O.C4H6O3/c8-6-7-4-2-1-3-5-7;1-3(5)7-4(2)6/h1-6H;1-2H3. The molecule has 0 atom stereocenters. The number of ether oxygens (including phenoxy) is 1. The Balaban J connectivity index is 0.000000265. The lowest BCUT2D eigenvalue weighted by Crippen LogP contribution is -2.03. The first-order valence-corrected chi connectivity index (χ1v) is 4.25. The first-order chi connectivity index (χ1) is 7.06. The summed E-state index contributed by atoms with van der Waals surface area (Å²) in [5.74, 6) is -1.12. The van der Waals surface area contributed by atoms with E-state index in [0.29, 0.717) is 0 Å². The van der Waals surface area contributed by atoms with Gasteiger partial charge in [-0.1, -0.05) is 30.3 Å². The van der Waals surface area contributed by atoms with Crippen LogP contribution < -0.4 is 0 Å². The van der Waals surface area contributed by atoms with Gasteiger partial charge in [-0.25, -0.2) is 0 Å². The molecule has 0 saturated carbocycles. The molecule has 0 aliphatic carbocycles. The van der Waals surface area contributed by atoms with Crippen molar-refractivity contribution < 1.29 is 19.1 Å². The van der Waals surface area contributed by atoms with Gasteiger partial charge in [-0.05, 0) is 0 Å². The summed E-state index contributed by atoms with van der Waals surface area (Å²) in [7, 11) is 0. The third-order valence-electron chi connectivity index (χ3n) is 1.22. The van der Waals surface area contributed by atoms with Crippen LogP contribution in [0.1, 0.15) is 24.2 Å². The molecule has 0 saturated heterocycles. The summed E-state index contributed by atoms with van der Waals surface area (Å²) in [6, 6.07) is 9.10. The molecule has 4 nitrogen and oxygen atoms in total. The van der Waals surface area contributed by atoms with Crippen LogP contribution in [0.3, 0.4) is 0 Å². The van der Waals surface area contributed by atoms with E-state index in [1.807, 2.05) is 18.2 Å². The van der Waals surface area contributed by atoms with Crippen LogP contribution in [0.5, 0.6) is 0 Å². The van der Waals surface area contributed by atoms with Crippen LogP contribution in [-0.4, -0.2) is 18.2 Å². The van der Waals surface area contributed by atoms with E-state index in [4.69, 9.17) is 0 Å². The summed E-state index contributed by atoms with van der Waals surface area (Å²) in [4.78, 5) is 29.6. The van der Waals surface area contributed by atoms with Gasteiger partial charge >= 0.3 is 11.9 Å². The molecular weight excluding hydrogens is 196 g/mol. The SMILES string of the molecule is CC(=O)OC(C)=O.O=Cc1ccccc1. The number of hydrogen-bond acceptors (Lipinski definition) is 4. The summed E-state index contributed by atoms with van der Waals surface area (Å²) in [6.45, 7) is 2.36. The predicted octanol–water partition coefficient (Wildman–Crippen LogP) is 1.60. The lowest BCUT2D eigenvalue weighted by Gasteiger charge is -1.87. The molecule has 0 heterocycles. The van der Waals surface area contributed by atoms with Gasteiger partial charge in [0.25, 0.3) is 0 Å². The van der Waals surface area contributed by atoms with Crippen molar-refractivity contribution in [3.63, 3.8) is 0 Å². The maximum Gasteiger partial charge on any atom is 0.310 e. The second kappa shape index (κ2) is 7.44. The van der Waals surface area contributed by atoms with E-state index < -0.39 is 11.9 Å². The lowest BCUT2D eigenvalue weighted by atomic mass is 10.2. The minimum atomic E-state index is -0.562. The van der Waals surface area contributed by atoms with Crippen LogP contribution in [0, 0.1) is 0 Å². The number of esters is 2.